The first-order chi connectivity index (χ1) is 27.7. The lowest BCUT2D eigenvalue weighted by Gasteiger charge is -2.13. The molecule has 290 valence electrons. The summed E-state index contributed by atoms with van der Waals surface area (Å²) in [6.07, 6.45) is 0. The van der Waals surface area contributed by atoms with Gasteiger partial charge in [-0.3, -0.25) is 0 Å². The Kier molecular flexibility index (Phi) is 11.6. The second-order valence-electron chi connectivity index (χ2n) is 11.6. The molecular formula is C40H32N4O10S3. The molecule has 0 bridgehead atoms. The van der Waals surface area contributed by atoms with Gasteiger partial charge in [-0.15, -0.1) is 31.7 Å². The predicted octanol–water partition coefficient (Wildman–Crippen LogP) is 8.61. The fourth-order valence-electron chi connectivity index (χ4n) is 5.51. The molecule has 0 N–H and O–H groups in total. The van der Waals surface area contributed by atoms with Crippen molar-refractivity contribution in [1.82, 2.24) is 20.4 Å². The van der Waals surface area contributed by atoms with E-state index in [4.69, 9.17) is 37.9 Å². The largest absolute Gasteiger partial charge is 0.493 e. The Morgan fingerprint density at radius 1 is 0.421 bits per heavy atom. The maximum atomic E-state index is 12.9. The van der Waals surface area contributed by atoms with Crippen LogP contribution in [-0.4, -0.2) is 75.0 Å². The van der Waals surface area contributed by atoms with Gasteiger partial charge in [0.2, 0.25) is 11.5 Å². The first-order valence-corrected chi connectivity index (χ1v) is 19.2. The Morgan fingerprint density at radius 3 is 1.07 bits per heavy atom. The highest BCUT2D eigenvalue weighted by molar-refractivity contribution is 7.27. The highest BCUT2D eigenvalue weighted by Crippen LogP contribution is 2.42. The summed E-state index contributed by atoms with van der Waals surface area (Å²) < 4.78 is 43.3. The van der Waals surface area contributed by atoms with Crippen LogP contribution in [-0.2, 0) is 0 Å². The van der Waals surface area contributed by atoms with E-state index in [9.17, 15) is 9.59 Å². The molecule has 0 saturated heterocycles. The molecule has 57 heavy (non-hydrogen) atoms. The first-order valence-electron chi connectivity index (χ1n) is 16.8. The molecule has 7 aromatic rings. The van der Waals surface area contributed by atoms with Crippen molar-refractivity contribution in [2.75, 3.05) is 42.7 Å². The van der Waals surface area contributed by atoms with E-state index in [1.165, 1.54) is 101 Å². The van der Waals surface area contributed by atoms with Crippen molar-refractivity contribution in [3.63, 3.8) is 0 Å². The average molecular weight is 825 g/mol. The first kappa shape index (κ1) is 38.7. The number of nitrogens with zero attached hydrogens (tertiary/aromatic N) is 4. The van der Waals surface area contributed by atoms with Crippen LogP contribution in [0.4, 0.5) is 0 Å². The van der Waals surface area contributed by atoms with Crippen molar-refractivity contribution in [3.05, 3.63) is 96.1 Å². The Labute approximate surface area is 338 Å². The van der Waals surface area contributed by atoms with Crippen LogP contribution in [0, 0.1) is 0 Å². The smallest absolute Gasteiger partial charge is 0.343 e. The molecule has 0 aliphatic carbocycles. The number of aromatic nitrogens is 4. The zero-order valence-corrected chi connectivity index (χ0v) is 33.6. The monoisotopic (exact) mass is 824 g/mol. The summed E-state index contributed by atoms with van der Waals surface area (Å²) in [6, 6.07) is 24.1. The molecule has 14 nitrogen and oxygen atoms in total. The minimum absolute atomic E-state index is 0.242. The van der Waals surface area contributed by atoms with Gasteiger partial charge in [0, 0.05) is 11.1 Å². The van der Waals surface area contributed by atoms with Crippen molar-refractivity contribution in [2.45, 2.75) is 0 Å². The summed E-state index contributed by atoms with van der Waals surface area (Å²) in [7, 11) is 8.88. The van der Waals surface area contributed by atoms with Gasteiger partial charge in [0.05, 0.1) is 63.5 Å². The van der Waals surface area contributed by atoms with Crippen LogP contribution in [0.15, 0.2) is 84.9 Å². The van der Waals surface area contributed by atoms with E-state index in [-0.39, 0.29) is 11.1 Å². The quantitative estimate of drug-likeness (QED) is 0.0758. The predicted molar refractivity (Wildman–Crippen MR) is 215 cm³/mol. The molecule has 0 fully saturated rings. The maximum Gasteiger partial charge on any atom is 0.343 e. The number of hydrogen-bond acceptors (Lipinski definition) is 17. The molecule has 4 aromatic carbocycles. The lowest BCUT2D eigenvalue weighted by atomic mass is 10.2. The molecule has 0 unspecified atom stereocenters. The molecular weight excluding hydrogens is 793 g/mol. The topological polar surface area (TPSA) is 160 Å². The number of esters is 2. The van der Waals surface area contributed by atoms with Gasteiger partial charge in [0.25, 0.3) is 0 Å². The number of carbonyl (C=O) groups excluding carboxylic acids is 2. The van der Waals surface area contributed by atoms with Gasteiger partial charge in [-0.1, -0.05) is 22.7 Å². The number of benzene rings is 4. The fourth-order valence-corrected chi connectivity index (χ4v) is 8.31. The fraction of sp³-hybridized carbons (Fsp3) is 0.150. The van der Waals surface area contributed by atoms with Crippen LogP contribution in [0.3, 0.4) is 0 Å². The molecule has 0 aliphatic heterocycles. The SMILES string of the molecule is COc1cc(C(=O)Oc2ccc(-c3nnc(-c4ccc(-c5nnc(-c6ccc(OC(=O)c7cc(OC)c(OC)c(OC)c7)cc6)s5)s4)s3)cc2)cc(OC)c1OC. The van der Waals surface area contributed by atoms with Gasteiger partial charge in [-0.25, -0.2) is 9.59 Å². The third kappa shape index (κ3) is 8.21. The van der Waals surface area contributed by atoms with Crippen molar-refractivity contribution >= 4 is 45.9 Å². The lowest BCUT2D eigenvalue weighted by molar-refractivity contribution is 0.0724. The van der Waals surface area contributed by atoms with E-state index in [1.807, 2.05) is 36.4 Å². The summed E-state index contributed by atoms with van der Waals surface area (Å²) in [5.74, 6) is 1.68. The third-order valence-corrected chi connectivity index (χ3v) is 11.7. The van der Waals surface area contributed by atoms with Crippen molar-refractivity contribution in [1.29, 1.82) is 0 Å². The number of methoxy groups -OCH3 is 6. The Morgan fingerprint density at radius 2 is 0.754 bits per heavy atom. The van der Waals surface area contributed by atoms with Crippen LogP contribution in [0.1, 0.15) is 20.7 Å². The average Bonchev–Trinajstić information content (AvgIpc) is 4.05. The van der Waals surface area contributed by atoms with E-state index in [0.717, 1.165) is 30.9 Å². The summed E-state index contributed by atoms with van der Waals surface area (Å²) in [5.41, 5.74) is 2.12. The van der Waals surface area contributed by atoms with E-state index in [0.29, 0.717) is 56.0 Å². The normalized spacial score (nSPS) is 10.8. The number of hydrogen-bond donors (Lipinski definition) is 0. The van der Waals surface area contributed by atoms with Crippen LogP contribution in [0.5, 0.6) is 46.0 Å². The second kappa shape index (κ2) is 17.1. The van der Waals surface area contributed by atoms with Gasteiger partial charge >= 0.3 is 11.9 Å². The number of rotatable bonds is 14. The molecule has 0 saturated carbocycles. The molecule has 3 heterocycles. The zero-order chi connectivity index (χ0) is 40.1. The number of carbonyl (C=O) groups is 2. The molecule has 0 atom stereocenters. The zero-order valence-electron chi connectivity index (χ0n) is 31.2. The molecule has 17 heteroatoms. The molecule has 0 radical (unpaired) electrons. The van der Waals surface area contributed by atoms with Gasteiger partial charge in [-0.05, 0) is 84.9 Å². The van der Waals surface area contributed by atoms with Crippen LogP contribution < -0.4 is 37.9 Å². The molecule has 7 rings (SSSR count). The highest BCUT2D eigenvalue weighted by atomic mass is 32.1. The lowest BCUT2D eigenvalue weighted by Crippen LogP contribution is -2.09. The Hall–Kier alpha value is -6.56. The van der Waals surface area contributed by atoms with E-state index >= 15 is 0 Å². The van der Waals surface area contributed by atoms with Gasteiger partial charge in [0.1, 0.15) is 21.5 Å². The molecule has 0 amide bonds. The molecule has 0 aliphatic rings. The maximum absolute atomic E-state index is 12.9. The standard InChI is InChI=1S/C40H32N4O10S3/c1-47-27-17-23(18-28(48-2)33(27)51-5)39(45)53-25-11-7-21(8-12-25)35-41-43-37(56-35)31-15-16-32(55-31)38-44-42-36(57-38)22-9-13-26(14-10-22)54-40(46)24-19-29(49-3)34(52-6)30(20-24)50-4/h7-20H,1-6H3. The second-order valence-corrected chi connectivity index (χ2v) is 14.7. The summed E-state index contributed by atoms with van der Waals surface area (Å²) in [5, 5.41) is 20.6. The van der Waals surface area contributed by atoms with Crippen molar-refractivity contribution in [3.8, 4) is 86.9 Å². The highest BCUT2D eigenvalue weighted by Gasteiger charge is 2.21. The summed E-state index contributed by atoms with van der Waals surface area (Å²) in [4.78, 5) is 27.8. The van der Waals surface area contributed by atoms with Crippen LogP contribution in [0.25, 0.3) is 40.9 Å². The van der Waals surface area contributed by atoms with Crippen LogP contribution >= 0.6 is 34.0 Å². The minimum atomic E-state index is -0.581. The van der Waals surface area contributed by atoms with Gasteiger partial charge < -0.3 is 37.9 Å². The Balaban J connectivity index is 0.984. The van der Waals surface area contributed by atoms with Crippen LogP contribution in [0.2, 0.25) is 0 Å². The third-order valence-electron chi connectivity index (χ3n) is 8.30. The Bertz CT molecular complexity index is 2330. The van der Waals surface area contributed by atoms with Crippen molar-refractivity contribution in [2.24, 2.45) is 0 Å². The van der Waals surface area contributed by atoms with Gasteiger partial charge in [0.15, 0.2) is 33.0 Å². The van der Waals surface area contributed by atoms with Gasteiger partial charge in [-0.2, -0.15) is 0 Å². The van der Waals surface area contributed by atoms with E-state index < -0.39 is 11.9 Å². The summed E-state index contributed by atoms with van der Waals surface area (Å²) >= 11 is 4.42. The summed E-state index contributed by atoms with van der Waals surface area (Å²) in [6.45, 7) is 0. The minimum Gasteiger partial charge on any atom is -0.493 e. The van der Waals surface area contributed by atoms with E-state index in [1.54, 1.807) is 24.3 Å². The molecule has 0 spiro atoms. The number of ether oxygens (including phenoxy) is 8. The number of thiophene rings is 1. The van der Waals surface area contributed by atoms with E-state index in [2.05, 4.69) is 20.4 Å². The van der Waals surface area contributed by atoms with Crippen molar-refractivity contribution < 1.29 is 47.5 Å². The molecule has 3 aromatic heterocycles.